The van der Waals surface area contributed by atoms with Crippen LogP contribution < -0.4 is 4.80 Å². The molecule has 0 radical (unpaired) electrons. The normalized spacial score (nSPS) is 17.2. The fourth-order valence-electron chi connectivity index (χ4n) is 3.28. The Labute approximate surface area is 170 Å². The minimum atomic E-state index is -0.408. The number of nitrogens with zero attached hydrogens (tertiary/aromatic N) is 3. The SMILES string of the molecule is O=[N+]([O-])c1ccccc1N=c1scc(-c2cccc(Cl)c2)n1CC1CCCO1. The van der Waals surface area contributed by atoms with Gasteiger partial charge in [0.25, 0.3) is 5.69 Å². The molecule has 6 nitrogen and oxygen atoms in total. The van der Waals surface area contributed by atoms with E-state index >= 15 is 0 Å². The summed E-state index contributed by atoms with van der Waals surface area (Å²) in [6.45, 7) is 1.41. The highest BCUT2D eigenvalue weighted by Gasteiger charge is 2.20. The Bertz CT molecular complexity index is 1070. The van der Waals surface area contributed by atoms with Crippen LogP contribution in [0.1, 0.15) is 12.8 Å². The van der Waals surface area contributed by atoms with Crippen LogP contribution in [0.4, 0.5) is 11.4 Å². The van der Waals surface area contributed by atoms with E-state index in [2.05, 4.69) is 9.56 Å². The molecule has 1 unspecified atom stereocenters. The van der Waals surface area contributed by atoms with Gasteiger partial charge in [0.1, 0.15) is 5.69 Å². The second-order valence-electron chi connectivity index (χ2n) is 6.52. The molecule has 0 saturated carbocycles. The predicted molar refractivity (Wildman–Crippen MR) is 110 cm³/mol. The van der Waals surface area contributed by atoms with Crippen molar-refractivity contribution in [3.63, 3.8) is 0 Å². The Morgan fingerprint density at radius 3 is 2.89 bits per heavy atom. The van der Waals surface area contributed by atoms with Crippen LogP contribution in [0.3, 0.4) is 0 Å². The molecule has 28 heavy (non-hydrogen) atoms. The quantitative estimate of drug-likeness (QED) is 0.425. The van der Waals surface area contributed by atoms with Crippen molar-refractivity contribution in [2.75, 3.05) is 6.61 Å². The lowest BCUT2D eigenvalue weighted by Crippen LogP contribution is -2.24. The minimum Gasteiger partial charge on any atom is -0.376 e. The molecule has 0 aliphatic carbocycles. The highest BCUT2D eigenvalue weighted by atomic mass is 35.5. The van der Waals surface area contributed by atoms with Gasteiger partial charge in [-0.05, 0) is 31.0 Å². The van der Waals surface area contributed by atoms with Crippen molar-refractivity contribution in [3.05, 3.63) is 73.8 Å². The maximum Gasteiger partial charge on any atom is 0.294 e. The van der Waals surface area contributed by atoms with Crippen LogP contribution in [0.2, 0.25) is 5.02 Å². The van der Waals surface area contributed by atoms with E-state index in [1.54, 1.807) is 18.2 Å². The Morgan fingerprint density at radius 2 is 2.14 bits per heavy atom. The number of nitro benzene ring substituents is 1. The zero-order valence-corrected chi connectivity index (χ0v) is 16.5. The topological polar surface area (TPSA) is 69.7 Å². The molecule has 1 fully saturated rings. The van der Waals surface area contributed by atoms with E-state index in [-0.39, 0.29) is 11.8 Å². The largest absolute Gasteiger partial charge is 0.376 e. The van der Waals surface area contributed by atoms with Crippen LogP contribution in [0.5, 0.6) is 0 Å². The highest BCUT2D eigenvalue weighted by Crippen LogP contribution is 2.28. The molecule has 1 aromatic heterocycles. The molecule has 0 spiro atoms. The fraction of sp³-hybridized carbons (Fsp3) is 0.250. The molecule has 3 aromatic rings. The van der Waals surface area contributed by atoms with E-state index in [1.807, 2.05) is 29.6 Å². The van der Waals surface area contributed by atoms with Crippen LogP contribution in [0.25, 0.3) is 11.3 Å². The summed E-state index contributed by atoms with van der Waals surface area (Å²) in [7, 11) is 0. The Kier molecular flexibility index (Phi) is 5.57. The van der Waals surface area contributed by atoms with Gasteiger partial charge in [-0.2, -0.15) is 0 Å². The molecule has 144 valence electrons. The van der Waals surface area contributed by atoms with Gasteiger partial charge in [-0.25, -0.2) is 4.99 Å². The van der Waals surface area contributed by atoms with Crippen molar-refractivity contribution < 1.29 is 9.66 Å². The van der Waals surface area contributed by atoms with Gasteiger partial charge in [-0.1, -0.05) is 35.9 Å². The summed E-state index contributed by atoms with van der Waals surface area (Å²) in [5.41, 5.74) is 2.28. The third-order valence-electron chi connectivity index (χ3n) is 4.62. The first-order valence-electron chi connectivity index (χ1n) is 8.96. The molecule has 4 rings (SSSR count). The van der Waals surface area contributed by atoms with Crippen molar-refractivity contribution in [3.8, 4) is 11.3 Å². The molecule has 1 aliphatic heterocycles. The number of rotatable bonds is 5. The van der Waals surface area contributed by atoms with Crippen molar-refractivity contribution in [2.24, 2.45) is 4.99 Å². The van der Waals surface area contributed by atoms with Crippen LogP contribution in [0.15, 0.2) is 58.9 Å². The number of thiazole rings is 1. The molecular formula is C20H18ClN3O3S. The van der Waals surface area contributed by atoms with Crippen molar-refractivity contribution in [2.45, 2.75) is 25.5 Å². The summed E-state index contributed by atoms with van der Waals surface area (Å²) in [6.07, 6.45) is 2.14. The van der Waals surface area contributed by atoms with E-state index < -0.39 is 4.92 Å². The molecule has 1 atom stereocenters. The Morgan fingerprint density at radius 1 is 1.29 bits per heavy atom. The van der Waals surface area contributed by atoms with Gasteiger partial charge in [0.05, 0.1) is 23.3 Å². The van der Waals surface area contributed by atoms with Crippen molar-refractivity contribution >= 4 is 34.3 Å². The van der Waals surface area contributed by atoms with Crippen molar-refractivity contribution in [1.29, 1.82) is 0 Å². The Balaban J connectivity index is 1.84. The summed E-state index contributed by atoms with van der Waals surface area (Å²) in [6, 6.07) is 14.2. The van der Waals surface area contributed by atoms with Gasteiger partial charge >= 0.3 is 0 Å². The van der Waals surface area contributed by atoms with E-state index in [0.29, 0.717) is 22.1 Å². The van der Waals surface area contributed by atoms with E-state index in [0.717, 1.165) is 30.7 Å². The second-order valence-corrected chi connectivity index (χ2v) is 7.79. The lowest BCUT2D eigenvalue weighted by atomic mass is 10.1. The number of hydrogen-bond acceptors (Lipinski definition) is 5. The summed E-state index contributed by atoms with van der Waals surface area (Å²) >= 11 is 7.63. The van der Waals surface area contributed by atoms with Crippen LogP contribution in [0, 0.1) is 10.1 Å². The molecule has 2 aromatic carbocycles. The van der Waals surface area contributed by atoms with Gasteiger partial charge in [0, 0.05) is 28.6 Å². The molecule has 2 heterocycles. The summed E-state index contributed by atoms with van der Waals surface area (Å²) in [5, 5.41) is 14.0. The Hall–Kier alpha value is -2.48. The maximum atomic E-state index is 11.3. The number of halogens is 1. The average Bonchev–Trinajstić information content (AvgIpc) is 3.33. The predicted octanol–water partition coefficient (Wildman–Crippen LogP) is 5.19. The van der Waals surface area contributed by atoms with Gasteiger partial charge in [-0.3, -0.25) is 10.1 Å². The number of hydrogen-bond donors (Lipinski definition) is 0. The third kappa shape index (κ3) is 4.01. The maximum absolute atomic E-state index is 11.3. The van der Waals surface area contributed by atoms with Crippen LogP contribution >= 0.6 is 22.9 Å². The summed E-state index contributed by atoms with van der Waals surface area (Å²) < 4.78 is 7.89. The van der Waals surface area contributed by atoms with Gasteiger partial charge in [0.15, 0.2) is 4.80 Å². The molecule has 1 aliphatic rings. The summed E-state index contributed by atoms with van der Waals surface area (Å²) in [4.78, 5) is 16.3. The van der Waals surface area contributed by atoms with E-state index in [9.17, 15) is 10.1 Å². The van der Waals surface area contributed by atoms with Crippen LogP contribution in [-0.4, -0.2) is 22.2 Å². The minimum absolute atomic E-state index is 0.0103. The third-order valence-corrected chi connectivity index (χ3v) is 5.72. The summed E-state index contributed by atoms with van der Waals surface area (Å²) in [5.74, 6) is 0. The monoisotopic (exact) mass is 415 g/mol. The first-order chi connectivity index (χ1) is 13.6. The first-order valence-corrected chi connectivity index (χ1v) is 10.2. The number of nitro groups is 1. The van der Waals surface area contributed by atoms with Gasteiger partial charge in [0.2, 0.25) is 0 Å². The van der Waals surface area contributed by atoms with Crippen LogP contribution in [-0.2, 0) is 11.3 Å². The lowest BCUT2D eigenvalue weighted by molar-refractivity contribution is -0.384. The molecule has 8 heteroatoms. The van der Waals surface area contributed by atoms with E-state index in [4.69, 9.17) is 16.3 Å². The second kappa shape index (κ2) is 8.26. The molecule has 0 N–H and O–H groups in total. The smallest absolute Gasteiger partial charge is 0.294 e. The fourth-order valence-corrected chi connectivity index (χ4v) is 4.40. The molecular weight excluding hydrogens is 398 g/mol. The standard InChI is InChI=1S/C20H18ClN3O3S/c21-15-6-3-5-14(11-15)19-13-28-20(23(19)12-16-7-4-10-27-16)22-17-8-1-2-9-18(17)24(25)26/h1-3,5-6,8-9,11,13,16H,4,7,10,12H2. The number of aromatic nitrogens is 1. The zero-order chi connectivity index (χ0) is 19.5. The molecule has 0 bridgehead atoms. The molecule has 0 amide bonds. The van der Waals surface area contributed by atoms with Crippen molar-refractivity contribution in [1.82, 2.24) is 4.57 Å². The number of ether oxygens (including phenoxy) is 1. The highest BCUT2D eigenvalue weighted by molar-refractivity contribution is 7.07. The van der Waals surface area contributed by atoms with Gasteiger partial charge < -0.3 is 9.30 Å². The average molecular weight is 416 g/mol. The van der Waals surface area contributed by atoms with Gasteiger partial charge in [-0.15, -0.1) is 11.3 Å². The number of benzene rings is 2. The lowest BCUT2D eigenvalue weighted by Gasteiger charge is -2.14. The van der Waals surface area contributed by atoms with E-state index in [1.165, 1.54) is 17.4 Å². The molecule has 1 saturated heterocycles. The zero-order valence-electron chi connectivity index (χ0n) is 15.0. The number of para-hydroxylation sites is 2. The first kappa shape index (κ1) is 18.9.